The van der Waals surface area contributed by atoms with Gasteiger partial charge in [-0.05, 0) is 55.3 Å². The fourth-order valence-electron chi connectivity index (χ4n) is 3.47. The van der Waals surface area contributed by atoms with E-state index in [1.807, 2.05) is 18.3 Å². The Kier molecular flexibility index (Phi) is 4.09. The Hall–Kier alpha value is -2.53. The van der Waals surface area contributed by atoms with Crippen molar-refractivity contribution >= 4 is 22.3 Å². The third kappa shape index (κ3) is 3.36. The highest BCUT2D eigenvalue weighted by molar-refractivity contribution is 5.81. The van der Waals surface area contributed by atoms with Crippen LogP contribution in [0.5, 0.6) is 0 Å². The van der Waals surface area contributed by atoms with Crippen molar-refractivity contribution < 1.29 is 0 Å². The molecule has 1 atom stereocenters. The zero-order chi connectivity index (χ0) is 16.4. The minimum Gasteiger partial charge on any atom is -0.399 e. The summed E-state index contributed by atoms with van der Waals surface area (Å²) < 4.78 is 0. The van der Waals surface area contributed by atoms with Crippen LogP contribution in [0, 0.1) is 0 Å². The summed E-state index contributed by atoms with van der Waals surface area (Å²) >= 11 is 0. The molecule has 4 rings (SSSR count). The van der Waals surface area contributed by atoms with E-state index >= 15 is 0 Å². The number of nitrogens with zero attached hydrogens (tertiary/aromatic N) is 2. The fourth-order valence-corrected chi connectivity index (χ4v) is 3.47. The van der Waals surface area contributed by atoms with E-state index in [4.69, 9.17) is 5.73 Å². The van der Waals surface area contributed by atoms with Crippen molar-refractivity contribution in [3.05, 3.63) is 54.2 Å². The van der Waals surface area contributed by atoms with E-state index in [9.17, 15) is 0 Å². The van der Waals surface area contributed by atoms with Crippen molar-refractivity contribution in [1.29, 1.82) is 0 Å². The van der Waals surface area contributed by atoms with Crippen LogP contribution in [0.4, 0.5) is 11.4 Å². The summed E-state index contributed by atoms with van der Waals surface area (Å²) in [5, 5.41) is 11.9. The zero-order valence-corrected chi connectivity index (χ0v) is 13.7. The number of likely N-dealkylation sites (tertiary alicyclic amines) is 1. The van der Waals surface area contributed by atoms with Crippen molar-refractivity contribution in [2.24, 2.45) is 0 Å². The molecule has 1 aliphatic rings. The van der Waals surface area contributed by atoms with Gasteiger partial charge in [-0.25, -0.2) is 0 Å². The van der Waals surface area contributed by atoms with Crippen LogP contribution in [0.1, 0.15) is 18.4 Å². The lowest BCUT2D eigenvalue weighted by atomic mass is 10.0. The number of nitrogens with two attached hydrogens (primary N) is 1. The molecule has 5 heteroatoms. The van der Waals surface area contributed by atoms with Crippen LogP contribution < -0.4 is 11.1 Å². The number of aromatic nitrogens is 2. The monoisotopic (exact) mass is 321 g/mol. The Morgan fingerprint density at radius 1 is 1.21 bits per heavy atom. The van der Waals surface area contributed by atoms with E-state index in [0.717, 1.165) is 36.2 Å². The fraction of sp³-hybridized carbons (Fsp3) is 0.316. The van der Waals surface area contributed by atoms with Crippen molar-refractivity contribution in [2.75, 3.05) is 24.1 Å². The number of nitrogen functional groups attached to an aromatic ring is 1. The van der Waals surface area contributed by atoms with E-state index in [2.05, 4.69) is 50.7 Å². The number of hydrogen-bond donors (Lipinski definition) is 3. The highest BCUT2D eigenvalue weighted by Gasteiger charge is 2.19. The van der Waals surface area contributed by atoms with Gasteiger partial charge in [-0.3, -0.25) is 10.00 Å². The van der Waals surface area contributed by atoms with Gasteiger partial charge in [0.1, 0.15) is 0 Å². The molecule has 0 amide bonds. The standard InChI is InChI=1S/C19H23N5/c20-16-5-3-14(4-6-16)12-24-9-1-2-18(13-24)22-17-7-8-19-15(10-17)11-21-23-19/h3-8,10-11,18,22H,1-2,9,12-13,20H2,(H,21,23). The Morgan fingerprint density at radius 2 is 2.08 bits per heavy atom. The molecule has 0 bridgehead atoms. The SMILES string of the molecule is Nc1ccc(CN2CCCC(Nc3ccc4[nH]ncc4c3)C2)cc1. The number of nitrogens with one attached hydrogen (secondary N) is 2. The Labute approximate surface area is 141 Å². The van der Waals surface area contributed by atoms with Crippen LogP contribution in [0.2, 0.25) is 0 Å². The molecule has 124 valence electrons. The first kappa shape index (κ1) is 15.0. The maximum Gasteiger partial charge on any atom is 0.0651 e. The van der Waals surface area contributed by atoms with Crippen molar-refractivity contribution in [1.82, 2.24) is 15.1 Å². The Morgan fingerprint density at radius 3 is 2.96 bits per heavy atom. The highest BCUT2D eigenvalue weighted by atomic mass is 15.2. The van der Waals surface area contributed by atoms with E-state index in [1.54, 1.807) is 0 Å². The first-order valence-electron chi connectivity index (χ1n) is 8.53. The molecule has 4 N–H and O–H groups in total. The minimum atomic E-state index is 0.483. The predicted molar refractivity (Wildman–Crippen MR) is 98.9 cm³/mol. The minimum absolute atomic E-state index is 0.483. The maximum atomic E-state index is 5.77. The van der Waals surface area contributed by atoms with Gasteiger partial charge in [-0.2, -0.15) is 5.10 Å². The van der Waals surface area contributed by atoms with Crippen LogP contribution in [0.25, 0.3) is 10.9 Å². The molecular formula is C19H23N5. The van der Waals surface area contributed by atoms with E-state index in [1.165, 1.54) is 24.1 Å². The molecule has 1 unspecified atom stereocenters. The van der Waals surface area contributed by atoms with Crippen molar-refractivity contribution in [3.8, 4) is 0 Å². The van der Waals surface area contributed by atoms with Crippen LogP contribution in [0.15, 0.2) is 48.7 Å². The van der Waals surface area contributed by atoms with Gasteiger partial charge >= 0.3 is 0 Å². The van der Waals surface area contributed by atoms with Crippen LogP contribution >= 0.6 is 0 Å². The summed E-state index contributed by atoms with van der Waals surface area (Å²) in [4.78, 5) is 2.52. The van der Waals surface area contributed by atoms with E-state index < -0.39 is 0 Å². The second-order valence-corrected chi connectivity index (χ2v) is 6.63. The maximum absolute atomic E-state index is 5.77. The lowest BCUT2D eigenvalue weighted by Gasteiger charge is -2.33. The van der Waals surface area contributed by atoms with Gasteiger partial charge in [-0.15, -0.1) is 0 Å². The topological polar surface area (TPSA) is 70.0 Å². The number of fused-ring (bicyclic) bond motifs is 1. The second kappa shape index (κ2) is 6.53. The van der Waals surface area contributed by atoms with Gasteiger partial charge in [0, 0.05) is 35.9 Å². The van der Waals surface area contributed by atoms with Crippen LogP contribution in [-0.4, -0.2) is 34.2 Å². The number of rotatable bonds is 4. The number of anilines is 2. The molecule has 0 spiro atoms. The summed E-state index contributed by atoms with van der Waals surface area (Å²) in [7, 11) is 0. The number of benzene rings is 2. The predicted octanol–water partition coefficient (Wildman–Crippen LogP) is 3.22. The first-order valence-corrected chi connectivity index (χ1v) is 8.53. The van der Waals surface area contributed by atoms with E-state index in [-0.39, 0.29) is 0 Å². The number of piperidine rings is 1. The molecule has 0 saturated carbocycles. The molecule has 5 nitrogen and oxygen atoms in total. The lowest BCUT2D eigenvalue weighted by Crippen LogP contribution is -2.41. The first-order chi connectivity index (χ1) is 11.8. The highest BCUT2D eigenvalue weighted by Crippen LogP contribution is 2.21. The molecule has 0 radical (unpaired) electrons. The quantitative estimate of drug-likeness (QED) is 0.645. The van der Waals surface area contributed by atoms with Crippen molar-refractivity contribution in [3.63, 3.8) is 0 Å². The van der Waals surface area contributed by atoms with E-state index in [0.29, 0.717) is 6.04 Å². The number of aromatic amines is 1. The molecule has 2 heterocycles. The molecule has 1 fully saturated rings. The summed E-state index contributed by atoms with van der Waals surface area (Å²) in [5.74, 6) is 0. The summed E-state index contributed by atoms with van der Waals surface area (Å²) in [6, 6.07) is 15.1. The van der Waals surface area contributed by atoms with Crippen molar-refractivity contribution in [2.45, 2.75) is 25.4 Å². The average Bonchev–Trinajstić information content (AvgIpc) is 3.05. The Balaban J connectivity index is 1.39. The van der Waals surface area contributed by atoms with Crippen LogP contribution in [-0.2, 0) is 6.54 Å². The summed E-state index contributed by atoms with van der Waals surface area (Å²) in [6.45, 7) is 3.20. The van der Waals surface area contributed by atoms with Crippen LogP contribution in [0.3, 0.4) is 0 Å². The van der Waals surface area contributed by atoms with Gasteiger partial charge in [0.05, 0.1) is 11.7 Å². The molecule has 1 aromatic heterocycles. The van der Waals surface area contributed by atoms with Gasteiger partial charge in [0.15, 0.2) is 0 Å². The second-order valence-electron chi connectivity index (χ2n) is 6.63. The number of H-pyrrole nitrogens is 1. The largest absolute Gasteiger partial charge is 0.399 e. The molecule has 2 aromatic carbocycles. The zero-order valence-electron chi connectivity index (χ0n) is 13.7. The molecule has 0 aliphatic carbocycles. The third-order valence-corrected chi connectivity index (χ3v) is 4.70. The lowest BCUT2D eigenvalue weighted by molar-refractivity contribution is 0.208. The summed E-state index contributed by atoms with van der Waals surface area (Å²) in [5.41, 5.74) is 10.2. The molecule has 3 aromatic rings. The third-order valence-electron chi connectivity index (χ3n) is 4.70. The van der Waals surface area contributed by atoms with Gasteiger partial charge in [-0.1, -0.05) is 12.1 Å². The molecule has 24 heavy (non-hydrogen) atoms. The Bertz CT molecular complexity index is 808. The average molecular weight is 321 g/mol. The normalized spacial score (nSPS) is 18.8. The molecule has 1 saturated heterocycles. The molecular weight excluding hydrogens is 298 g/mol. The van der Waals surface area contributed by atoms with Gasteiger partial charge < -0.3 is 11.1 Å². The number of hydrogen-bond acceptors (Lipinski definition) is 4. The smallest absolute Gasteiger partial charge is 0.0651 e. The van der Waals surface area contributed by atoms with Gasteiger partial charge in [0.25, 0.3) is 0 Å². The molecule has 1 aliphatic heterocycles. The van der Waals surface area contributed by atoms with Gasteiger partial charge in [0.2, 0.25) is 0 Å². The summed E-state index contributed by atoms with van der Waals surface area (Å²) in [6.07, 6.45) is 4.30.